The molecule has 0 bridgehead atoms. The second-order valence-electron chi connectivity index (χ2n) is 7.45. The predicted octanol–water partition coefficient (Wildman–Crippen LogP) is 3.42. The van der Waals surface area contributed by atoms with Gasteiger partial charge in [0, 0.05) is 30.0 Å². The number of hydrogen-bond acceptors (Lipinski definition) is 4. The molecular formula is C21H24N4O2. The van der Waals surface area contributed by atoms with Gasteiger partial charge in [-0.3, -0.25) is 4.90 Å². The average Bonchev–Trinajstić information content (AvgIpc) is 3.05. The van der Waals surface area contributed by atoms with Gasteiger partial charge in [-0.05, 0) is 62.9 Å². The Kier molecular flexibility index (Phi) is 4.66. The van der Waals surface area contributed by atoms with Crippen molar-refractivity contribution in [2.24, 2.45) is 0 Å². The molecule has 140 valence electrons. The van der Waals surface area contributed by atoms with E-state index in [4.69, 9.17) is 0 Å². The average molecular weight is 364 g/mol. The van der Waals surface area contributed by atoms with E-state index in [0.29, 0.717) is 11.5 Å². The molecule has 1 atom stereocenters. The summed E-state index contributed by atoms with van der Waals surface area (Å²) >= 11 is 0. The number of aromatic carboxylic acids is 1. The molecule has 1 N–H and O–H groups in total. The van der Waals surface area contributed by atoms with Gasteiger partial charge in [-0.25, -0.2) is 14.3 Å². The Balaban J connectivity index is 1.54. The van der Waals surface area contributed by atoms with Crippen molar-refractivity contribution in [3.63, 3.8) is 0 Å². The minimum absolute atomic E-state index is 0.358. The number of likely N-dealkylation sites (tertiary alicyclic amines) is 1. The van der Waals surface area contributed by atoms with Crippen LogP contribution in [0.15, 0.2) is 36.5 Å². The smallest absolute Gasteiger partial charge is 0.335 e. The minimum atomic E-state index is -0.868. The van der Waals surface area contributed by atoms with Crippen molar-refractivity contribution in [2.45, 2.75) is 39.2 Å². The number of rotatable bonds is 4. The van der Waals surface area contributed by atoms with E-state index in [0.717, 1.165) is 60.6 Å². The summed E-state index contributed by atoms with van der Waals surface area (Å²) < 4.78 is 1.90. The first kappa shape index (κ1) is 17.7. The van der Waals surface area contributed by atoms with E-state index in [2.05, 4.69) is 15.0 Å². The lowest BCUT2D eigenvalue weighted by Gasteiger charge is -2.32. The van der Waals surface area contributed by atoms with E-state index in [1.165, 1.54) is 0 Å². The van der Waals surface area contributed by atoms with Gasteiger partial charge in [0.25, 0.3) is 0 Å². The molecule has 1 aromatic carbocycles. The van der Waals surface area contributed by atoms with Crippen molar-refractivity contribution >= 4 is 11.6 Å². The quantitative estimate of drug-likeness (QED) is 0.768. The van der Waals surface area contributed by atoms with Crippen LogP contribution in [0.2, 0.25) is 0 Å². The molecule has 0 saturated carbocycles. The lowest BCUT2D eigenvalue weighted by Crippen LogP contribution is -2.34. The number of piperidine rings is 1. The highest BCUT2D eigenvalue weighted by atomic mass is 16.4. The van der Waals surface area contributed by atoms with Crippen molar-refractivity contribution in [3.05, 3.63) is 64.6 Å². The fourth-order valence-corrected chi connectivity index (χ4v) is 4.07. The van der Waals surface area contributed by atoms with Gasteiger partial charge in [-0.1, -0.05) is 12.1 Å². The van der Waals surface area contributed by atoms with E-state index in [-0.39, 0.29) is 0 Å². The topological polar surface area (TPSA) is 70.7 Å². The third kappa shape index (κ3) is 3.57. The van der Waals surface area contributed by atoms with Gasteiger partial charge in [-0.15, -0.1) is 0 Å². The van der Waals surface area contributed by atoms with Crippen LogP contribution in [0.1, 0.15) is 51.6 Å². The molecule has 4 rings (SSSR count). The molecule has 0 aliphatic carbocycles. The number of carboxylic acids is 1. The van der Waals surface area contributed by atoms with Crippen LogP contribution in [-0.2, 0) is 6.54 Å². The highest BCUT2D eigenvalue weighted by Crippen LogP contribution is 2.28. The molecule has 1 saturated heterocycles. The van der Waals surface area contributed by atoms with Crippen molar-refractivity contribution in [1.29, 1.82) is 0 Å². The number of hydrogen-bond donors (Lipinski definition) is 1. The van der Waals surface area contributed by atoms with Crippen LogP contribution in [-0.4, -0.2) is 43.7 Å². The number of benzene rings is 1. The summed E-state index contributed by atoms with van der Waals surface area (Å²) in [7, 11) is 0. The third-order valence-corrected chi connectivity index (χ3v) is 5.36. The summed E-state index contributed by atoms with van der Waals surface area (Å²) in [5, 5.41) is 13.7. The van der Waals surface area contributed by atoms with Crippen LogP contribution < -0.4 is 0 Å². The van der Waals surface area contributed by atoms with Crippen LogP contribution in [0.5, 0.6) is 0 Å². The fraction of sp³-hybridized carbons (Fsp3) is 0.381. The molecule has 3 heterocycles. The molecular weight excluding hydrogens is 340 g/mol. The largest absolute Gasteiger partial charge is 0.478 e. The van der Waals surface area contributed by atoms with Crippen molar-refractivity contribution in [3.8, 4) is 0 Å². The van der Waals surface area contributed by atoms with Gasteiger partial charge in [0.2, 0.25) is 0 Å². The van der Waals surface area contributed by atoms with E-state index in [1.807, 2.05) is 48.8 Å². The van der Waals surface area contributed by atoms with Crippen LogP contribution in [0.25, 0.3) is 5.65 Å². The Morgan fingerprint density at radius 2 is 2.15 bits per heavy atom. The van der Waals surface area contributed by atoms with Gasteiger partial charge in [-0.2, -0.15) is 5.10 Å². The number of aromatic nitrogens is 3. The molecule has 1 aliphatic rings. The maximum absolute atomic E-state index is 11.3. The van der Waals surface area contributed by atoms with Crippen molar-refractivity contribution < 1.29 is 9.90 Å². The summed E-state index contributed by atoms with van der Waals surface area (Å²) in [4.78, 5) is 18.4. The van der Waals surface area contributed by atoms with Crippen LogP contribution >= 0.6 is 0 Å². The van der Waals surface area contributed by atoms with E-state index in [9.17, 15) is 9.90 Å². The standard InChI is InChI=1S/C21H24N4O2/c1-14-9-15(2)25-20(23-14)19(11-22-25)13-24-8-4-7-18(12-24)16-5-3-6-17(10-16)21(26)27/h3,5-6,9-11,18H,4,7-8,12-13H2,1-2H3,(H,26,27)/t18-/m0/s1. The zero-order valence-corrected chi connectivity index (χ0v) is 15.7. The van der Waals surface area contributed by atoms with Crippen molar-refractivity contribution in [2.75, 3.05) is 13.1 Å². The molecule has 0 spiro atoms. The molecule has 3 aromatic rings. The fourth-order valence-electron chi connectivity index (χ4n) is 4.07. The van der Waals surface area contributed by atoms with Crippen molar-refractivity contribution in [1.82, 2.24) is 19.5 Å². The molecule has 0 radical (unpaired) electrons. The normalized spacial score (nSPS) is 18.1. The first-order valence-electron chi connectivity index (χ1n) is 9.38. The molecule has 1 aliphatic heterocycles. The van der Waals surface area contributed by atoms with Gasteiger partial charge >= 0.3 is 5.97 Å². The predicted molar refractivity (Wildman–Crippen MR) is 103 cm³/mol. The first-order valence-corrected chi connectivity index (χ1v) is 9.38. The Labute approximate surface area is 158 Å². The van der Waals surface area contributed by atoms with Gasteiger partial charge in [0.05, 0.1) is 11.8 Å². The summed E-state index contributed by atoms with van der Waals surface area (Å²) in [5.74, 6) is -0.510. The first-order chi connectivity index (χ1) is 13.0. The highest BCUT2D eigenvalue weighted by Gasteiger charge is 2.23. The van der Waals surface area contributed by atoms with E-state index in [1.54, 1.807) is 6.07 Å². The third-order valence-electron chi connectivity index (χ3n) is 5.36. The second-order valence-corrected chi connectivity index (χ2v) is 7.45. The number of fused-ring (bicyclic) bond motifs is 1. The Morgan fingerprint density at radius 3 is 2.96 bits per heavy atom. The monoisotopic (exact) mass is 364 g/mol. The van der Waals surface area contributed by atoms with Crippen LogP contribution in [0.4, 0.5) is 0 Å². The number of carboxylic acid groups (broad SMARTS) is 1. The zero-order chi connectivity index (χ0) is 19.0. The maximum atomic E-state index is 11.3. The van der Waals surface area contributed by atoms with Crippen LogP contribution in [0, 0.1) is 13.8 Å². The lowest BCUT2D eigenvalue weighted by molar-refractivity contribution is 0.0696. The molecule has 1 fully saturated rings. The van der Waals surface area contributed by atoms with Gasteiger partial charge in [0.1, 0.15) is 0 Å². The van der Waals surface area contributed by atoms with Crippen LogP contribution in [0.3, 0.4) is 0 Å². The Bertz CT molecular complexity index is 995. The Morgan fingerprint density at radius 1 is 1.30 bits per heavy atom. The lowest BCUT2D eigenvalue weighted by atomic mass is 9.89. The Hall–Kier alpha value is -2.73. The summed E-state index contributed by atoms with van der Waals surface area (Å²) in [6, 6.07) is 9.40. The summed E-state index contributed by atoms with van der Waals surface area (Å²) in [6.45, 7) is 6.83. The van der Waals surface area contributed by atoms with E-state index < -0.39 is 5.97 Å². The molecule has 27 heavy (non-hydrogen) atoms. The molecule has 6 heteroatoms. The SMILES string of the molecule is Cc1cc(C)n2ncc(CN3CCC[C@H](c4cccc(C(=O)O)c4)C3)c2n1. The maximum Gasteiger partial charge on any atom is 0.335 e. The summed E-state index contributed by atoms with van der Waals surface area (Å²) in [6.07, 6.45) is 4.11. The van der Waals surface area contributed by atoms with Gasteiger partial charge < -0.3 is 5.11 Å². The molecule has 0 amide bonds. The zero-order valence-electron chi connectivity index (χ0n) is 15.7. The summed E-state index contributed by atoms with van der Waals surface area (Å²) in [5.41, 5.74) is 5.64. The van der Waals surface area contributed by atoms with E-state index >= 15 is 0 Å². The molecule has 2 aromatic heterocycles. The van der Waals surface area contributed by atoms with Gasteiger partial charge in [0.15, 0.2) is 5.65 Å². The molecule has 0 unspecified atom stereocenters. The number of nitrogens with zero attached hydrogens (tertiary/aromatic N) is 4. The minimum Gasteiger partial charge on any atom is -0.478 e. The number of aryl methyl sites for hydroxylation is 2. The second kappa shape index (κ2) is 7.12. The molecule has 6 nitrogen and oxygen atoms in total. The number of carbonyl (C=O) groups is 1. The highest BCUT2D eigenvalue weighted by molar-refractivity contribution is 5.87.